The Bertz CT molecular complexity index is 780. The van der Waals surface area contributed by atoms with E-state index in [1.807, 2.05) is 6.92 Å². The van der Waals surface area contributed by atoms with Crippen molar-refractivity contribution in [2.75, 3.05) is 6.61 Å². The summed E-state index contributed by atoms with van der Waals surface area (Å²) in [5.74, 6) is -0.126. The molecule has 1 aromatic heterocycles. The Balaban J connectivity index is 1.69. The van der Waals surface area contributed by atoms with E-state index in [1.165, 1.54) is 6.07 Å². The van der Waals surface area contributed by atoms with Gasteiger partial charge in [-0.15, -0.1) is 11.3 Å². The Morgan fingerprint density at radius 1 is 1.16 bits per heavy atom. The van der Waals surface area contributed by atoms with Crippen molar-refractivity contribution in [1.82, 2.24) is 10.9 Å². The highest BCUT2D eigenvalue weighted by molar-refractivity contribution is 7.20. The van der Waals surface area contributed by atoms with Gasteiger partial charge >= 0.3 is 0 Å². The highest BCUT2D eigenvalue weighted by Gasteiger charge is 2.14. The van der Waals surface area contributed by atoms with Crippen LogP contribution >= 0.6 is 46.1 Å². The molecule has 25 heavy (non-hydrogen) atoms. The van der Waals surface area contributed by atoms with Gasteiger partial charge < -0.3 is 4.74 Å². The van der Waals surface area contributed by atoms with Gasteiger partial charge in [-0.3, -0.25) is 20.4 Å². The fraction of sp³-hybridized carbons (Fsp3) is 0.250. The van der Waals surface area contributed by atoms with Crippen molar-refractivity contribution in [2.24, 2.45) is 0 Å². The smallest absolute Gasteiger partial charge is 0.272 e. The van der Waals surface area contributed by atoms with E-state index in [-0.39, 0.29) is 22.2 Å². The van der Waals surface area contributed by atoms with Gasteiger partial charge in [0.15, 0.2) is 0 Å². The third kappa shape index (κ3) is 6.08. The molecular weight excluding hydrogens is 407 g/mol. The van der Waals surface area contributed by atoms with Gasteiger partial charge in [-0.25, -0.2) is 0 Å². The highest BCUT2D eigenvalue weighted by Crippen LogP contribution is 2.30. The summed E-state index contributed by atoms with van der Waals surface area (Å²) in [7, 11) is 0. The number of carbonyl (C=O) groups is 2. The maximum Gasteiger partial charge on any atom is 0.272 e. The van der Waals surface area contributed by atoms with Crippen LogP contribution in [0.25, 0.3) is 0 Å². The van der Waals surface area contributed by atoms with Gasteiger partial charge in [0.1, 0.15) is 10.1 Å². The molecule has 0 aliphatic rings. The van der Waals surface area contributed by atoms with Crippen molar-refractivity contribution in [3.8, 4) is 5.75 Å². The Kier molecular flexibility index (Phi) is 7.38. The van der Waals surface area contributed by atoms with E-state index in [1.54, 1.807) is 18.2 Å². The highest BCUT2D eigenvalue weighted by atomic mass is 35.5. The van der Waals surface area contributed by atoms with Crippen LogP contribution in [0.2, 0.25) is 13.7 Å². The van der Waals surface area contributed by atoms with Gasteiger partial charge in [0, 0.05) is 11.4 Å². The lowest BCUT2D eigenvalue weighted by Gasteiger charge is -2.10. The number of halogens is 3. The molecular formula is C16H15Cl3N2O3S. The fourth-order valence-corrected chi connectivity index (χ4v) is 3.63. The molecule has 2 aromatic rings. The summed E-state index contributed by atoms with van der Waals surface area (Å²) in [5.41, 5.74) is 5.77. The summed E-state index contributed by atoms with van der Waals surface area (Å²) in [5, 5.41) is 0.645. The number of hydrogen-bond acceptors (Lipinski definition) is 4. The predicted octanol–water partition coefficient (Wildman–Crippen LogP) is 4.64. The van der Waals surface area contributed by atoms with Crippen molar-refractivity contribution < 1.29 is 14.3 Å². The SMILES string of the molecule is Cc1cc(Cl)ccc1OCCCC(=O)NNC(=O)c1cc(Cl)sc1Cl. The minimum atomic E-state index is -0.519. The predicted molar refractivity (Wildman–Crippen MR) is 101 cm³/mol. The minimum absolute atomic E-state index is 0.199. The Hall–Kier alpha value is -1.47. The number of amides is 2. The first-order chi connectivity index (χ1) is 11.9. The molecule has 2 amide bonds. The average Bonchev–Trinajstić information content (AvgIpc) is 2.89. The van der Waals surface area contributed by atoms with Gasteiger partial charge in [-0.05, 0) is 43.2 Å². The van der Waals surface area contributed by atoms with Gasteiger partial charge in [0.05, 0.1) is 16.5 Å². The van der Waals surface area contributed by atoms with Crippen molar-refractivity contribution in [2.45, 2.75) is 19.8 Å². The van der Waals surface area contributed by atoms with Crippen molar-refractivity contribution in [1.29, 1.82) is 0 Å². The minimum Gasteiger partial charge on any atom is -0.493 e. The quantitative estimate of drug-likeness (QED) is 0.527. The topological polar surface area (TPSA) is 67.4 Å². The Morgan fingerprint density at radius 3 is 2.56 bits per heavy atom. The number of benzene rings is 1. The zero-order chi connectivity index (χ0) is 18.4. The molecule has 0 bridgehead atoms. The molecule has 134 valence electrons. The van der Waals surface area contributed by atoms with Crippen LogP contribution in [0.15, 0.2) is 24.3 Å². The van der Waals surface area contributed by atoms with Gasteiger partial charge in [-0.1, -0.05) is 34.8 Å². The number of ether oxygens (including phenoxy) is 1. The molecule has 2 rings (SSSR count). The summed E-state index contributed by atoms with van der Waals surface area (Å²) in [6.45, 7) is 2.26. The summed E-state index contributed by atoms with van der Waals surface area (Å²) in [4.78, 5) is 23.6. The second-order valence-corrected chi connectivity index (χ2v) is 7.82. The molecule has 1 aromatic carbocycles. The lowest BCUT2D eigenvalue weighted by Crippen LogP contribution is -2.41. The molecule has 1 heterocycles. The number of hydrazine groups is 1. The maximum atomic E-state index is 11.9. The molecule has 9 heteroatoms. The van der Waals surface area contributed by atoms with E-state index < -0.39 is 5.91 Å². The monoisotopic (exact) mass is 420 g/mol. The van der Waals surface area contributed by atoms with Crippen LogP contribution in [0.4, 0.5) is 0 Å². The third-order valence-electron chi connectivity index (χ3n) is 3.16. The molecule has 0 aliphatic heterocycles. The first-order valence-corrected chi connectivity index (χ1v) is 9.25. The normalized spacial score (nSPS) is 10.4. The number of nitrogens with one attached hydrogen (secondary N) is 2. The maximum absolute atomic E-state index is 11.9. The van der Waals surface area contributed by atoms with E-state index in [9.17, 15) is 9.59 Å². The van der Waals surface area contributed by atoms with Gasteiger partial charge in [-0.2, -0.15) is 0 Å². The summed E-state index contributed by atoms with van der Waals surface area (Å²) >= 11 is 18.6. The second kappa shape index (κ2) is 9.29. The molecule has 5 nitrogen and oxygen atoms in total. The first-order valence-electron chi connectivity index (χ1n) is 7.30. The molecule has 2 N–H and O–H groups in total. The Morgan fingerprint density at radius 2 is 1.92 bits per heavy atom. The number of hydrogen-bond donors (Lipinski definition) is 2. The van der Waals surface area contributed by atoms with Crippen LogP contribution in [0, 0.1) is 6.92 Å². The van der Waals surface area contributed by atoms with E-state index in [0.29, 0.717) is 22.4 Å². The molecule has 0 aliphatic carbocycles. The average molecular weight is 422 g/mol. The summed E-state index contributed by atoms with van der Waals surface area (Å²) in [6.07, 6.45) is 0.694. The fourth-order valence-electron chi connectivity index (χ4n) is 1.94. The van der Waals surface area contributed by atoms with Crippen LogP contribution in [-0.4, -0.2) is 18.4 Å². The van der Waals surface area contributed by atoms with Crippen LogP contribution in [0.1, 0.15) is 28.8 Å². The number of carbonyl (C=O) groups excluding carboxylic acids is 2. The van der Waals surface area contributed by atoms with E-state index in [0.717, 1.165) is 22.6 Å². The lowest BCUT2D eigenvalue weighted by molar-refractivity contribution is -0.122. The number of thiophene rings is 1. The zero-order valence-corrected chi connectivity index (χ0v) is 16.3. The summed E-state index contributed by atoms with van der Waals surface area (Å²) in [6, 6.07) is 6.78. The van der Waals surface area contributed by atoms with Crippen molar-refractivity contribution in [3.05, 3.63) is 49.1 Å². The van der Waals surface area contributed by atoms with Crippen LogP contribution < -0.4 is 15.6 Å². The third-order valence-corrected chi connectivity index (χ3v) is 4.88. The van der Waals surface area contributed by atoms with Crippen molar-refractivity contribution >= 4 is 58.0 Å². The van der Waals surface area contributed by atoms with E-state index >= 15 is 0 Å². The zero-order valence-electron chi connectivity index (χ0n) is 13.2. The van der Waals surface area contributed by atoms with Crippen LogP contribution in [-0.2, 0) is 4.79 Å². The van der Waals surface area contributed by atoms with Gasteiger partial charge in [0.25, 0.3) is 5.91 Å². The molecule has 0 spiro atoms. The molecule has 0 radical (unpaired) electrons. The van der Waals surface area contributed by atoms with E-state index in [4.69, 9.17) is 39.5 Å². The molecule has 0 atom stereocenters. The summed E-state index contributed by atoms with van der Waals surface area (Å²) < 4.78 is 6.27. The van der Waals surface area contributed by atoms with Crippen molar-refractivity contribution in [3.63, 3.8) is 0 Å². The Labute approximate surface area is 164 Å². The molecule has 0 saturated carbocycles. The number of rotatable bonds is 6. The molecule has 0 fully saturated rings. The largest absolute Gasteiger partial charge is 0.493 e. The molecule has 0 unspecified atom stereocenters. The standard InChI is InChI=1S/C16H15Cl3N2O3S/c1-9-7-10(17)4-5-12(9)24-6-2-3-14(22)20-21-16(23)11-8-13(18)25-15(11)19/h4-5,7-8H,2-3,6H2,1H3,(H,20,22)(H,21,23). The number of aryl methyl sites for hydroxylation is 1. The van der Waals surface area contributed by atoms with Crippen LogP contribution in [0.5, 0.6) is 5.75 Å². The first kappa shape index (κ1) is 19.8. The van der Waals surface area contributed by atoms with Gasteiger partial charge in [0.2, 0.25) is 5.91 Å². The van der Waals surface area contributed by atoms with E-state index in [2.05, 4.69) is 10.9 Å². The van der Waals surface area contributed by atoms with Crippen LogP contribution in [0.3, 0.4) is 0 Å². The second-order valence-electron chi connectivity index (χ2n) is 5.10. The lowest BCUT2D eigenvalue weighted by atomic mass is 10.2. The molecule has 0 saturated heterocycles.